The number of nitrogens with zero attached hydrogens (tertiary/aromatic N) is 5. The highest BCUT2D eigenvalue weighted by Crippen LogP contribution is 2.26. The first-order valence-electron chi connectivity index (χ1n) is 11.7. The minimum atomic E-state index is 0.0691. The van der Waals surface area contributed by atoms with Gasteiger partial charge in [0.2, 0.25) is 5.95 Å². The lowest BCUT2D eigenvalue weighted by atomic mass is 10.1. The molecule has 1 fully saturated rings. The number of rotatable bonds is 9. The van der Waals surface area contributed by atoms with Crippen LogP contribution in [0.4, 0.5) is 5.95 Å². The molecule has 8 nitrogen and oxygen atoms in total. The lowest BCUT2D eigenvalue weighted by Gasteiger charge is -2.31. The fraction of sp³-hybridized carbons (Fsp3) is 0.542. The second-order valence-corrected chi connectivity index (χ2v) is 8.90. The van der Waals surface area contributed by atoms with Crippen LogP contribution in [0.1, 0.15) is 63.1 Å². The predicted molar refractivity (Wildman–Crippen MR) is 127 cm³/mol. The Hall–Kier alpha value is -2.71. The van der Waals surface area contributed by atoms with E-state index in [1.165, 1.54) is 5.56 Å². The summed E-state index contributed by atoms with van der Waals surface area (Å²) in [5.74, 6) is 0.953. The minimum absolute atomic E-state index is 0.0691. The second-order valence-electron chi connectivity index (χ2n) is 8.90. The van der Waals surface area contributed by atoms with Crippen LogP contribution >= 0.6 is 0 Å². The summed E-state index contributed by atoms with van der Waals surface area (Å²) in [6, 6.07) is 10.8. The quantitative estimate of drug-likeness (QED) is 0.528. The van der Waals surface area contributed by atoms with Crippen molar-refractivity contribution in [3.63, 3.8) is 0 Å². The molecule has 4 rings (SSSR count). The van der Waals surface area contributed by atoms with Gasteiger partial charge in [0.05, 0.1) is 12.2 Å². The van der Waals surface area contributed by atoms with Crippen molar-refractivity contribution in [2.24, 2.45) is 5.73 Å². The average molecular weight is 438 g/mol. The molecule has 1 saturated heterocycles. The van der Waals surface area contributed by atoms with Gasteiger partial charge < -0.3 is 20.7 Å². The summed E-state index contributed by atoms with van der Waals surface area (Å²) in [6.45, 7) is 10.3. The normalized spacial score (nSPS) is 16.5. The van der Waals surface area contributed by atoms with Crippen LogP contribution in [0, 0.1) is 0 Å². The monoisotopic (exact) mass is 437 g/mol. The lowest BCUT2D eigenvalue weighted by molar-refractivity contribution is 0.0927. The van der Waals surface area contributed by atoms with Crippen molar-refractivity contribution < 1.29 is 4.74 Å². The van der Waals surface area contributed by atoms with E-state index in [1.54, 1.807) is 4.52 Å². The highest BCUT2D eigenvalue weighted by Gasteiger charge is 2.23. The first-order chi connectivity index (χ1) is 15.5. The van der Waals surface area contributed by atoms with Crippen LogP contribution in [0.25, 0.3) is 5.65 Å². The van der Waals surface area contributed by atoms with Gasteiger partial charge in [0.25, 0.3) is 0 Å². The van der Waals surface area contributed by atoms with Crippen LogP contribution in [-0.2, 0) is 0 Å². The fourth-order valence-corrected chi connectivity index (χ4v) is 4.16. The maximum absolute atomic E-state index is 6.29. The smallest absolute Gasteiger partial charge is 0.322 e. The zero-order valence-corrected chi connectivity index (χ0v) is 19.4. The zero-order chi connectivity index (χ0) is 22.5. The Kier molecular flexibility index (Phi) is 7.22. The summed E-state index contributed by atoms with van der Waals surface area (Å²) in [4.78, 5) is 11.9. The van der Waals surface area contributed by atoms with Crippen LogP contribution in [0.3, 0.4) is 0 Å². The summed E-state index contributed by atoms with van der Waals surface area (Å²) in [5, 5.41) is 8.08. The molecule has 1 aliphatic heterocycles. The first-order valence-corrected chi connectivity index (χ1v) is 11.7. The van der Waals surface area contributed by atoms with Gasteiger partial charge in [0.1, 0.15) is 6.10 Å². The summed E-state index contributed by atoms with van der Waals surface area (Å²) in [7, 11) is 0. The molecule has 8 heteroatoms. The van der Waals surface area contributed by atoms with Crippen LogP contribution < -0.4 is 15.8 Å². The fourth-order valence-electron chi connectivity index (χ4n) is 4.16. The molecule has 3 aromatic rings. The van der Waals surface area contributed by atoms with Gasteiger partial charge in [-0.1, -0.05) is 44.2 Å². The number of likely N-dealkylation sites (tertiary alicyclic amines) is 1. The van der Waals surface area contributed by atoms with Gasteiger partial charge in [0, 0.05) is 18.7 Å². The van der Waals surface area contributed by atoms with Crippen LogP contribution in [-0.4, -0.2) is 56.8 Å². The number of anilines is 1. The Labute approximate surface area is 190 Å². The number of ether oxygens (including phenoxy) is 1. The molecular formula is C24H35N7O. The van der Waals surface area contributed by atoms with Gasteiger partial charge in [0.15, 0.2) is 5.65 Å². The van der Waals surface area contributed by atoms with Crippen LogP contribution in [0.2, 0.25) is 0 Å². The second kappa shape index (κ2) is 10.3. The Morgan fingerprint density at radius 1 is 1.12 bits per heavy atom. The summed E-state index contributed by atoms with van der Waals surface area (Å²) >= 11 is 0. The lowest BCUT2D eigenvalue weighted by Crippen LogP contribution is -2.39. The van der Waals surface area contributed by atoms with Gasteiger partial charge in [-0.15, -0.1) is 0 Å². The van der Waals surface area contributed by atoms with E-state index in [4.69, 9.17) is 20.4 Å². The van der Waals surface area contributed by atoms with E-state index in [2.05, 4.69) is 48.2 Å². The Morgan fingerprint density at radius 3 is 2.56 bits per heavy atom. The van der Waals surface area contributed by atoms with Gasteiger partial charge in [-0.2, -0.15) is 19.6 Å². The Balaban J connectivity index is 1.55. The standard InChI is InChI=1S/C24H35N7O/c1-17(2)21-16-26-31-22(21)28-24(32-20-10-14-30(15-11-20)13-7-12-25)29-23(31)27-18(3)19-8-5-4-6-9-19/h4-6,8-9,16-18,20H,7,10-15,25H2,1-3H3,(H,27,28,29). The molecule has 172 valence electrons. The van der Waals surface area contributed by atoms with E-state index >= 15 is 0 Å². The molecule has 1 atom stereocenters. The Bertz CT molecular complexity index is 996. The largest absolute Gasteiger partial charge is 0.460 e. The number of nitrogens with one attached hydrogen (secondary N) is 1. The maximum atomic E-state index is 6.29. The van der Waals surface area contributed by atoms with Gasteiger partial charge in [-0.05, 0) is 50.8 Å². The summed E-state index contributed by atoms with van der Waals surface area (Å²) in [5.41, 5.74) is 8.72. The van der Waals surface area contributed by atoms with E-state index < -0.39 is 0 Å². The van der Waals surface area contributed by atoms with Crippen molar-refractivity contribution in [3.05, 3.63) is 47.7 Å². The average Bonchev–Trinajstić information content (AvgIpc) is 3.24. The molecule has 0 bridgehead atoms. The van der Waals surface area contributed by atoms with Crippen molar-refractivity contribution in [1.29, 1.82) is 0 Å². The molecule has 1 aromatic carbocycles. The molecule has 32 heavy (non-hydrogen) atoms. The third-order valence-corrected chi connectivity index (χ3v) is 6.13. The molecule has 3 N–H and O–H groups in total. The molecule has 2 aromatic heterocycles. The number of aromatic nitrogens is 4. The highest BCUT2D eigenvalue weighted by atomic mass is 16.5. The number of hydrogen-bond donors (Lipinski definition) is 2. The van der Waals surface area contributed by atoms with E-state index in [0.29, 0.717) is 17.9 Å². The number of hydrogen-bond acceptors (Lipinski definition) is 7. The predicted octanol–water partition coefficient (Wildman–Crippen LogP) is 3.61. The van der Waals surface area contributed by atoms with Crippen LogP contribution in [0.15, 0.2) is 36.5 Å². The molecule has 0 aliphatic carbocycles. The molecule has 1 aliphatic rings. The third kappa shape index (κ3) is 5.19. The van der Waals surface area contributed by atoms with E-state index in [9.17, 15) is 0 Å². The molecule has 0 radical (unpaired) electrons. The highest BCUT2D eigenvalue weighted by molar-refractivity contribution is 5.53. The third-order valence-electron chi connectivity index (χ3n) is 6.13. The van der Waals surface area contributed by atoms with E-state index in [1.807, 2.05) is 24.4 Å². The van der Waals surface area contributed by atoms with Gasteiger partial charge in [-0.3, -0.25) is 0 Å². The summed E-state index contributed by atoms with van der Waals surface area (Å²) < 4.78 is 8.08. The van der Waals surface area contributed by atoms with Crippen LogP contribution in [0.5, 0.6) is 6.01 Å². The SMILES string of the molecule is CC(C)c1cnn2c(NC(C)c3ccccc3)nc(OC3CCN(CCCN)CC3)nc12. The minimum Gasteiger partial charge on any atom is -0.460 e. The summed E-state index contributed by atoms with van der Waals surface area (Å²) in [6.07, 6.45) is 4.99. The molecule has 1 unspecified atom stereocenters. The van der Waals surface area contributed by atoms with Crippen molar-refractivity contribution in [1.82, 2.24) is 24.5 Å². The molecular weight excluding hydrogens is 402 g/mol. The van der Waals surface area contributed by atoms with Gasteiger partial charge >= 0.3 is 6.01 Å². The molecule has 0 saturated carbocycles. The van der Waals surface area contributed by atoms with Gasteiger partial charge in [-0.25, -0.2) is 0 Å². The number of nitrogens with two attached hydrogens (primary N) is 1. The van der Waals surface area contributed by atoms with Crippen molar-refractivity contribution >= 4 is 11.6 Å². The number of piperidine rings is 1. The van der Waals surface area contributed by atoms with E-state index in [0.717, 1.165) is 56.7 Å². The topological polar surface area (TPSA) is 93.6 Å². The molecule has 3 heterocycles. The van der Waals surface area contributed by atoms with Crippen molar-refractivity contribution in [2.45, 2.75) is 58.1 Å². The number of benzene rings is 1. The van der Waals surface area contributed by atoms with Crippen molar-refractivity contribution in [3.8, 4) is 6.01 Å². The van der Waals surface area contributed by atoms with E-state index in [-0.39, 0.29) is 12.1 Å². The zero-order valence-electron chi connectivity index (χ0n) is 19.4. The van der Waals surface area contributed by atoms with Crippen molar-refractivity contribution in [2.75, 3.05) is 31.5 Å². The maximum Gasteiger partial charge on any atom is 0.322 e. The Morgan fingerprint density at radius 2 is 1.88 bits per heavy atom. The number of fused-ring (bicyclic) bond motifs is 1. The molecule has 0 amide bonds. The first kappa shape index (κ1) is 22.5. The molecule has 0 spiro atoms.